The fourth-order valence-electron chi connectivity index (χ4n) is 2.70. The molecule has 0 bridgehead atoms. The molecule has 1 amide bonds. The summed E-state index contributed by atoms with van der Waals surface area (Å²) in [5.74, 6) is -0.457. The van der Waals surface area contributed by atoms with Gasteiger partial charge in [-0.1, -0.05) is 25.1 Å². The second kappa shape index (κ2) is 7.76. The van der Waals surface area contributed by atoms with E-state index in [-0.39, 0.29) is 17.0 Å². The largest absolute Gasteiger partial charge is 0.438 e. The van der Waals surface area contributed by atoms with Gasteiger partial charge in [-0.05, 0) is 48.7 Å². The van der Waals surface area contributed by atoms with Crippen molar-refractivity contribution in [2.75, 3.05) is 0 Å². The molecule has 2 N–H and O–H groups in total. The van der Waals surface area contributed by atoms with Gasteiger partial charge in [0.25, 0.3) is 11.5 Å². The summed E-state index contributed by atoms with van der Waals surface area (Å²) in [4.78, 5) is 28.9. The van der Waals surface area contributed by atoms with E-state index in [4.69, 9.17) is 15.7 Å². The Hall–Kier alpha value is -3.92. The number of amides is 1. The molecule has 7 nitrogen and oxygen atoms in total. The van der Waals surface area contributed by atoms with Crippen LogP contribution in [0.15, 0.2) is 53.0 Å². The lowest BCUT2D eigenvalue weighted by molar-refractivity contribution is -0.114. The number of nitrogens with two attached hydrogens (primary N) is 1. The number of ether oxygens (including phenoxy) is 1. The van der Waals surface area contributed by atoms with E-state index in [2.05, 4.69) is 4.98 Å². The molecule has 0 aliphatic rings. The summed E-state index contributed by atoms with van der Waals surface area (Å²) in [6.07, 6.45) is 3.56. The molecule has 1 aromatic carbocycles. The number of rotatable bonds is 5. The van der Waals surface area contributed by atoms with E-state index in [0.717, 1.165) is 23.6 Å². The van der Waals surface area contributed by atoms with Gasteiger partial charge in [0.1, 0.15) is 28.6 Å². The van der Waals surface area contributed by atoms with Crippen LogP contribution in [-0.2, 0) is 11.2 Å². The highest BCUT2D eigenvalue weighted by Crippen LogP contribution is 2.25. The highest BCUT2D eigenvalue weighted by Gasteiger charge is 2.17. The summed E-state index contributed by atoms with van der Waals surface area (Å²) in [5.41, 5.74) is 6.68. The molecule has 7 heteroatoms. The molecule has 0 radical (unpaired) electrons. The third-order valence-corrected chi connectivity index (χ3v) is 4.27. The Bertz CT molecular complexity index is 1190. The van der Waals surface area contributed by atoms with Crippen molar-refractivity contribution >= 4 is 17.6 Å². The number of benzene rings is 1. The second-order valence-electron chi connectivity index (χ2n) is 6.15. The highest BCUT2D eigenvalue weighted by molar-refractivity contribution is 6.00. The summed E-state index contributed by atoms with van der Waals surface area (Å²) in [7, 11) is 0. The first-order valence-electron chi connectivity index (χ1n) is 8.65. The van der Waals surface area contributed by atoms with Crippen LogP contribution in [-0.4, -0.2) is 15.3 Å². The van der Waals surface area contributed by atoms with Crippen molar-refractivity contribution in [3.8, 4) is 17.7 Å². The number of hydrogen-bond donors (Lipinski definition) is 1. The lowest BCUT2D eigenvalue weighted by Gasteiger charge is -2.11. The number of carbonyl (C=O) groups is 1. The van der Waals surface area contributed by atoms with Gasteiger partial charge in [0.15, 0.2) is 0 Å². The van der Waals surface area contributed by atoms with Gasteiger partial charge < -0.3 is 10.5 Å². The van der Waals surface area contributed by atoms with Gasteiger partial charge in [-0.3, -0.25) is 14.0 Å². The quantitative estimate of drug-likeness (QED) is 0.545. The predicted octanol–water partition coefficient (Wildman–Crippen LogP) is 2.75. The first-order chi connectivity index (χ1) is 13.4. The minimum atomic E-state index is -0.936. The van der Waals surface area contributed by atoms with Crippen LogP contribution in [0.2, 0.25) is 0 Å². The van der Waals surface area contributed by atoms with E-state index in [1.807, 2.05) is 32.0 Å². The molecule has 0 spiro atoms. The Balaban J connectivity index is 2.24. The molecule has 0 aliphatic carbocycles. The number of aryl methyl sites for hydroxylation is 2. The lowest BCUT2D eigenvalue weighted by atomic mass is 10.1. The van der Waals surface area contributed by atoms with Crippen molar-refractivity contribution in [1.82, 2.24) is 9.38 Å². The number of pyridine rings is 1. The van der Waals surface area contributed by atoms with Crippen molar-refractivity contribution in [2.24, 2.45) is 5.73 Å². The van der Waals surface area contributed by atoms with Gasteiger partial charge in [-0.25, -0.2) is 0 Å². The zero-order valence-corrected chi connectivity index (χ0v) is 15.5. The molecule has 3 rings (SSSR count). The van der Waals surface area contributed by atoms with Gasteiger partial charge in [-0.2, -0.15) is 10.2 Å². The minimum absolute atomic E-state index is 0.00227. The van der Waals surface area contributed by atoms with E-state index < -0.39 is 11.5 Å². The van der Waals surface area contributed by atoms with Crippen LogP contribution in [0, 0.1) is 18.3 Å². The van der Waals surface area contributed by atoms with Crippen LogP contribution in [0.3, 0.4) is 0 Å². The molecule has 0 unspecified atom stereocenters. The van der Waals surface area contributed by atoms with Crippen LogP contribution >= 0.6 is 0 Å². The Morgan fingerprint density at radius 1 is 1.32 bits per heavy atom. The zero-order chi connectivity index (χ0) is 20.3. The number of hydrogen-bond acceptors (Lipinski definition) is 5. The SMILES string of the molecule is CCc1ccc(Oc2nc3c(C)cccn3c(=O)c2/C=C(\C#N)C(N)=O)cc1. The fraction of sp³-hybridized carbons (Fsp3) is 0.143. The maximum absolute atomic E-state index is 13.0. The third-order valence-electron chi connectivity index (χ3n) is 4.27. The molecule has 0 atom stereocenters. The monoisotopic (exact) mass is 374 g/mol. The van der Waals surface area contributed by atoms with Crippen LogP contribution in [0.1, 0.15) is 23.6 Å². The molecular weight excluding hydrogens is 356 g/mol. The lowest BCUT2D eigenvalue weighted by Crippen LogP contribution is -2.20. The van der Waals surface area contributed by atoms with Crippen molar-refractivity contribution in [1.29, 1.82) is 5.26 Å². The smallest absolute Gasteiger partial charge is 0.269 e. The number of nitriles is 1. The van der Waals surface area contributed by atoms with Crippen molar-refractivity contribution < 1.29 is 9.53 Å². The highest BCUT2D eigenvalue weighted by atomic mass is 16.5. The van der Waals surface area contributed by atoms with Gasteiger partial charge >= 0.3 is 0 Å². The average molecular weight is 374 g/mol. The molecule has 0 saturated carbocycles. The molecule has 140 valence electrons. The topological polar surface area (TPSA) is 110 Å². The maximum atomic E-state index is 13.0. The fourth-order valence-corrected chi connectivity index (χ4v) is 2.70. The first kappa shape index (κ1) is 18.9. The summed E-state index contributed by atoms with van der Waals surface area (Å²) in [6, 6.07) is 12.6. The van der Waals surface area contributed by atoms with Gasteiger partial charge in [-0.15, -0.1) is 0 Å². The summed E-state index contributed by atoms with van der Waals surface area (Å²) in [5, 5.41) is 9.16. The van der Waals surface area contributed by atoms with Crippen LogP contribution in [0.4, 0.5) is 0 Å². The standard InChI is InChI=1S/C21H18N4O3/c1-3-14-6-8-16(9-7-14)28-20-17(11-15(12-22)18(23)26)21(27)25-10-4-5-13(2)19(25)24-20/h4-11H,3H2,1-2H3,(H2,23,26)/b15-11+. The molecule has 2 heterocycles. The van der Waals surface area contributed by atoms with Crippen LogP contribution in [0.25, 0.3) is 11.7 Å². The normalized spacial score (nSPS) is 11.2. The number of primary amides is 1. The van der Waals surface area contributed by atoms with E-state index in [9.17, 15) is 9.59 Å². The van der Waals surface area contributed by atoms with E-state index in [0.29, 0.717) is 11.4 Å². The molecular formula is C21H18N4O3. The number of aromatic nitrogens is 2. The number of fused-ring (bicyclic) bond motifs is 1. The predicted molar refractivity (Wildman–Crippen MR) is 105 cm³/mol. The minimum Gasteiger partial charge on any atom is -0.438 e. The first-order valence-corrected chi connectivity index (χ1v) is 8.65. The van der Waals surface area contributed by atoms with Gasteiger partial charge in [0.05, 0.1) is 0 Å². The second-order valence-corrected chi connectivity index (χ2v) is 6.15. The molecule has 28 heavy (non-hydrogen) atoms. The zero-order valence-electron chi connectivity index (χ0n) is 15.5. The Kier molecular flexibility index (Phi) is 5.23. The van der Waals surface area contributed by atoms with E-state index in [1.165, 1.54) is 4.40 Å². The van der Waals surface area contributed by atoms with Gasteiger partial charge in [0, 0.05) is 6.20 Å². The molecule has 3 aromatic rings. The molecule has 0 fully saturated rings. The number of carbonyl (C=O) groups excluding carboxylic acids is 1. The van der Waals surface area contributed by atoms with Gasteiger partial charge in [0.2, 0.25) is 5.88 Å². The summed E-state index contributed by atoms with van der Waals surface area (Å²) in [6.45, 7) is 3.86. The van der Waals surface area contributed by atoms with Crippen LogP contribution < -0.4 is 16.0 Å². The van der Waals surface area contributed by atoms with Crippen LogP contribution in [0.5, 0.6) is 11.6 Å². The van der Waals surface area contributed by atoms with Crippen molar-refractivity contribution in [3.63, 3.8) is 0 Å². The van der Waals surface area contributed by atoms with E-state index in [1.54, 1.807) is 30.5 Å². The number of nitrogens with zero attached hydrogens (tertiary/aromatic N) is 3. The molecule has 0 aliphatic heterocycles. The average Bonchev–Trinajstić information content (AvgIpc) is 2.69. The Morgan fingerprint density at radius 3 is 2.64 bits per heavy atom. The van der Waals surface area contributed by atoms with Crippen molar-refractivity contribution in [3.05, 3.63) is 75.2 Å². The Morgan fingerprint density at radius 2 is 2.04 bits per heavy atom. The maximum Gasteiger partial charge on any atom is 0.269 e. The Labute approximate surface area is 161 Å². The molecule has 0 saturated heterocycles. The van der Waals surface area contributed by atoms with E-state index >= 15 is 0 Å². The summed E-state index contributed by atoms with van der Waals surface area (Å²) < 4.78 is 7.19. The third kappa shape index (κ3) is 3.62. The summed E-state index contributed by atoms with van der Waals surface area (Å²) >= 11 is 0. The van der Waals surface area contributed by atoms with Crippen molar-refractivity contribution in [2.45, 2.75) is 20.3 Å². The molecule has 2 aromatic heterocycles.